The van der Waals surface area contributed by atoms with E-state index in [0.29, 0.717) is 16.7 Å². The number of nitrogens with zero attached hydrogens (tertiary/aromatic N) is 6. The van der Waals surface area contributed by atoms with Gasteiger partial charge >= 0.3 is 0 Å². The molecule has 30 heavy (non-hydrogen) atoms. The molecule has 4 aromatic rings. The van der Waals surface area contributed by atoms with Gasteiger partial charge in [-0.25, -0.2) is 19.0 Å². The van der Waals surface area contributed by atoms with Crippen molar-refractivity contribution in [3.05, 3.63) is 48.0 Å². The van der Waals surface area contributed by atoms with Gasteiger partial charge in [0.15, 0.2) is 28.0 Å². The average molecular weight is 423 g/mol. The summed E-state index contributed by atoms with van der Waals surface area (Å²) in [6.45, 7) is 12.8. The highest BCUT2D eigenvalue weighted by molar-refractivity contribution is 7.80. The van der Waals surface area contributed by atoms with Crippen molar-refractivity contribution < 1.29 is 0 Å². The Kier molecular flexibility index (Phi) is 4.73. The van der Waals surface area contributed by atoms with Crippen LogP contribution in [0.2, 0.25) is 0 Å². The van der Waals surface area contributed by atoms with Crippen molar-refractivity contribution in [2.24, 2.45) is 0 Å². The molecular weight excluding hydrogens is 396 g/mol. The quantitative estimate of drug-likeness (QED) is 0.469. The Hall–Kier alpha value is -3.07. The van der Waals surface area contributed by atoms with Crippen LogP contribution in [0.5, 0.6) is 0 Å². The first-order valence-electron chi connectivity index (χ1n) is 9.81. The second-order valence-electron chi connectivity index (χ2n) is 9.37. The van der Waals surface area contributed by atoms with E-state index in [1.807, 2.05) is 36.7 Å². The molecule has 0 aromatic carbocycles. The number of hydrogen-bond donors (Lipinski definition) is 2. The van der Waals surface area contributed by atoms with E-state index < -0.39 is 0 Å². The lowest BCUT2D eigenvalue weighted by Gasteiger charge is -2.13. The van der Waals surface area contributed by atoms with Gasteiger partial charge in [0.25, 0.3) is 0 Å². The number of rotatable bonds is 2. The number of hydrogen-bond acceptors (Lipinski definition) is 5. The monoisotopic (exact) mass is 422 g/mol. The van der Waals surface area contributed by atoms with Crippen LogP contribution >= 0.6 is 12.2 Å². The predicted octanol–water partition coefficient (Wildman–Crippen LogP) is 4.18. The Morgan fingerprint density at radius 3 is 1.50 bits per heavy atom. The SMILES string of the molecule is CC(C)(C)c1cn2nc(NC(=S)Nc3ccc4nc(C(C)(C)C)cn4n3)ccc2n1. The van der Waals surface area contributed by atoms with Gasteiger partial charge in [0, 0.05) is 10.8 Å². The van der Waals surface area contributed by atoms with Crippen LogP contribution in [-0.2, 0) is 10.8 Å². The Balaban J connectivity index is 1.50. The first-order valence-corrected chi connectivity index (χ1v) is 10.2. The van der Waals surface area contributed by atoms with Crippen LogP contribution in [0.3, 0.4) is 0 Å². The molecule has 0 spiro atoms. The summed E-state index contributed by atoms with van der Waals surface area (Å²) in [5.74, 6) is 1.24. The molecule has 0 aliphatic rings. The number of aromatic nitrogens is 6. The van der Waals surface area contributed by atoms with Crippen LogP contribution in [0.4, 0.5) is 11.6 Å². The molecule has 0 aliphatic carbocycles. The van der Waals surface area contributed by atoms with E-state index in [9.17, 15) is 0 Å². The summed E-state index contributed by atoms with van der Waals surface area (Å²) >= 11 is 5.44. The molecule has 4 rings (SSSR count). The minimum absolute atomic E-state index is 0.0390. The fraction of sp³-hybridized carbons (Fsp3) is 0.381. The third-order valence-electron chi connectivity index (χ3n) is 4.66. The molecule has 0 amide bonds. The molecule has 156 valence electrons. The average Bonchev–Trinajstić information content (AvgIpc) is 3.24. The molecule has 4 aromatic heterocycles. The van der Waals surface area contributed by atoms with Crippen LogP contribution < -0.4 is 10.6 Å². The zero-order valence-electron chi connectivity index (χ0n) is 18.1. The maximum atomic E-state index is 5.44. The maximum absolute atomic E-state index is 5.44. The Morgan fingerprint density at radius 1 is 0.733 bits per heavy atom. The van der Waals surface area contributed by atoms with Gasteiger partial charge in [0.05, 0.1) is 23.8 Å². The number of imidazole rings is 2. The van der Waals surface area contributed by atoms with E-state index in [2.05, 4.69) is 72.3 Å². The van der Waals surface area contributed by atoms with Gasteiger partial charge in [-0.3, -0.25) is 0 Å². The second kappa shape index (κ2) is 7.02. The highest BCUT2D eigenvalue weighted by Crippen LogP contribution is 2.22. The standard InChI is InChI=1S/C21H26N8S/c1-20(2,3)13-11-28-17(22-13)9-7-15(26-28)24-19(30)25-16-8-10-18-23-14(21(4,5)6)12-29(18)27-16/h7-12H,1-6H3,(H2,24,25,26,27,30). The van der Waals surface area contributed by atoms with Gasteiger partial charge in [-0.15, -0.1) is 10.2 Å². The lowest BCUT2D eigenvalue weighted by atomic mass is 9.93. The lowest BCUT2D eigenvalue weighted by molar-refractivity contribution is 0.572. The number of thiocarbonyl (C=S) groups is 1. The first kappa shape index (κ1) is 20.2. The number of nitrogens with one attached hydrogen (secondary N) is 2. The highest BCUT2D eigenvalue weighted by Gasteiger charge is 2.19. The molecule has 0 bridgehead atoms. The summed E-state index contributed by atoms with van der Waals surface area (Å²) in [7, 11) is 0. The maximum Gasteiger partial charge on any atom is 0.177 e. The van der Waals surface area contributed by atoms with Crippen LogP contribution in [0, 0.1) is 0 Å². The molecule has 9 heteroatoms. The lowest BCUT2D eigenvalue weighted by Crippen LogP contribution is -2.21. The van der Waals surface area contributed by atoms with Crippen molar-refractivity contribution in [3.8, 4) is 0 Å². The molecule has 0 fully saturated rings. The van der Waals surface area contributed by atoms with Gasteiger partial charge in [-0.2, -0.15) is 0 Å². The Morgan fingerprint density at radius 2 is 1.13 bits per heavy atom. The topological polar surface area (TPSA) is 84.4 Å². The predicted molar refractivity (Wildman–Crippen MR) is 123 cm³/mol. The van der Waals surface area contributed by atoms with E-state index in [1.54, 1.807) is 9.03 Å². The van der Waals surface area contributed by atoms with E-state index in [4.69, 9.17) is 12.2 Å². The third kappa shape index (κ3) is 4.11. The van der Waals surface area contributed by atoms with Crippen molar-refractivity contribution >= 4 is 40.3 Å². The summed E-state index contributed by atoms with van der Waals surface area (Å²) in [5.41, 5.74) is 3.49. The van der Waals surface area contributed by atoms with Crippen molar-refractivity contribution in [1.29, 1.82) is 0 Å². The van der Waals surface area contributed by atoms with Crippen molar-refractivity contribution in [3.63, 3.8) is 0 Å². The zero-order chi connectivity index (χ0) is 21.7. The molecule has 0 saturated carbocycles. The molecule has 0 unspecified atom stereocenters. The van der Waals surface area contributed by atoms with E-state index >= 15 is 0 Å². The zero-order valence-corrected chi connectivity index (χ0v) is 18.9. The van der Waals surface area contributed by atoms with E-state index in [0.717, 1.165) is 22.7 Å². The molecule has 0 atom stereocenters. The fourth-order valence-electron chi connectivity index (χ4n) is 2.88. The summed E-state index contributed by atoms with van der Waals surface area (Å²) in [4.78, 5) is 9.25. The minimum Gasteiger partial charge on any atom is -0.316 e. The highest BCUT2D eigenvalue weighted by atomic mass is 32.1. The third-order valence-corrected chi connectivity index (χ3v) is 4.86. The van der Waals surface area contributed by atoms with Gasteiger partial charge < -0.3 is 10.6 Å². The molecule has 0 aliphatic heterocycles. The van der Waals surface area contributed by atoms with Gasteiger partial charge in [-0.1, -0.05) is 41.5 Å². The molecular formula is C21H26N8S. The largest absolute Gasteiger partial charge is 0.316 e. The molecule has 0 saturated heterocycles. The van der Waals surface area contributed by atoms with Crippen molar-refractivity contribution in [2.45, 2.75) is 52.4 Å². The summed E-state index contributed by atoms with van der Waals surface area (Å²) in [6.07, 6.45) is 3.89. The summed E-state index contributed by atoms with van der Waals surface area (Å²) < 4.78 is 3.52. The molecule has 0 radical (unpaired) electrons. The van der Waals surface area contributed by atoms with Gasteiger partial charge in [0.1, 0.15) is 0 Å². The van der Waals surface area contributed by atoms with E-state index in [-0.39, 0.29) is 10.8 Å². The molecule has 2 N–H and O–H groups in total. The number of anilines is 2. The second-order valence-corrected chi connectivity index (χ2v) is 9.78. The summed E-state index contributed by atoms with van der Waals surface area (Å²) in [6, 6.07) is 7.53. The molecule has 4 heterocycles. The van der Waals surface area contributed by atoms with Crippen molar-refractivity contribution in [1.82, 2.24) is 29.2 Å². The minimum atomic E-state index is -0.0390. The van der Waals surface area contributed by atoms with E-state index in [1.165, 1.54) is 0 Å². The molecule has 8 nitrogen and oxygen atoms in total. The Labute approximate surface area is 180 Å². The van der Waals surface area contributed by atoms with Gasteiger partial charge in [0.2, 0.25) is 0 Å². The van der Waals surface area contributed by atoms with Gasteiger partial charge in [-0.05, 0) is 36.5 Å². The van der Waals surface area contributed by atoms with Crippen molar-refractivity contribution in [2.75, 3.05) is 10.6 Å². The first-order chi connectivity index (χ1) is 14.0. The van der Waals surface area contributed by atoms with Crippen LogP contribution in [0.25, 0.3) is 11.3 Å². The number of fused-ring (bicyclic) bond motifs is 2. The normalized spacial score (nSPS) is 12.5. The Bertz CT molecular complexity index is 1140. The smallest absolute Gasteiger partial charge is 0.177 e. The fourth-order valence-corrected chi connectivity index (χ4v) is 3.09. The summed E-state index contributed by atoms with van der Waals surface area (Å²) in [5, 5.41) is 15.7. The van der Waals surface area contributed by atoms with Crippen LogP contribution in [0.1, 0.15) is 52.9 Å². The van der Waals surface area contributed by atoms with Crippen LogP contribution in [0.15, 0.2) is 36.7 Å². The van der Waals surface area contributed by atoms with Crippen LogP contribution in [-0.4, -0.2) is 34.3 Å².